The average molecular weight is 423 g/mol. The topological polar surface area (TPSA) is 88.9 Å². The van der Waals surface area contributed by atoms with Gasteiger partial charge in [0.05, 0.1) is 12.6 Å². The lowest BCUT2D eigenvalue weighted by atomic mass is 9.99. The van der Waals surface area contributed by atoms with Crippen molar-refractivity contribution in [2.75, 3.05) is 19.7 Å². The highest BCUT2D eigenvalue weighted by Crippen LogP contribution is 2.30. The second-order valence-electron chi connectivity index (χ2n) is 8.93. The average Bonchev–Trinajstić information content (AvgIpc) is 3.44. The molecule has 31 heavy (non-hydrogen) atoms. The predicted octanol–water partition coefficient (Wildman–Crippen LogP) is 2.89. The number of nitrogens with one attached hydrogen (secondary N) is 1. The third kappa shape index (κ3) is 4.02. The minimum Gasteiger partial charge on any atom is -0.376 e. The van der Waals surface area contributed by atoms with Gasteiger partial charge in [-0.3, -0.25) is 9.69 Å². The van der Waals surface area contributed by atoms with Gasteiger partial charge in [0.1, 0.15) is 6.04 Å². The Kier molecular flexibility index (Phi) is 5.58. The first-order valence-corrected chi connectivity index (χ1v) is 11.4. The summed E-state index contributed by atoms with van der Waals surface area (Å²) in [7, 11) is 0. The third-order valence-electron chi connectivity index (χ3n) is 6.74. The molecule has 1 aromatic carbocycles. The molecule has 0 unspecified atom stereocenters. The Bertz CT molecular complexity index is 1120. The van der Waals surface area contributed by atoms with Gasteiger partial charge < -0.3 is 9.72 Å². The molecule has 0 spiro atoms. The predicted molar refractivity (Wildman–Crippen MR) is 118 cm³/mol. The molecular formula is C23H30N6O2. The monoisotopic (exact) mass is 422 g/mol. The minimum absolute atomic E-state index is 0.0713. The highest BCUT2D eigenvalue weighted by molar-refractivity contribution is 5.81. The number of likely N-dealkylation sites (tertiary alicyclic amines) is 1. The molecule has 1 N–H and O–H groups in total. The molecule has 2 aliphatic heterocycles. The van der Waals surface area contributed by atoms with Crippen LogP contribution in [0.4, 0.5) is 0 Å². The van der Waals surface area contributed by atoms with E-state index >= 15 is 0 Å². The van der Waals surface area contributed by atoms with Crippen LogP contribution in [-0.4, -0.2) is 55.9 Å². The van der Waals surface area contributed by atoms with Crippen LogP contribution in [0.25, 0.3) is 10.9 Å². The van der Waals surface area contributed by atoms with Gasteiger partial charge >= 0.3 is 0 Å². The number of H-pyrrole nitrogens is 1. The first-order chi connectivity index (χ1) is 15.1. The second kappa shape index (κ2) is 8.51. The van der Waals surface area contributed by atoms with Crippen LogP contribution in [0.1, 0.15) is 60.7 Å². The van der Waals surface area contributed by atoms with Crippen molar-refractivity contribution in [3.8, 4) is 0 Å². The molecular weight excluding hydrogens is 392 g/mol. The maximum Gasteiger partial charge on any atom is 0.253 e. The Morgan fingerprint density at radius 2 is 1.94 bits per heavy atom. The van der Waals surface area contributed by atoms with Crippen LogP contribution in [0.3, 0.4) is 0 Å². The van der Waals surface area contributed by atoms with Gasteiger partial charge in [-0.15, -0.1) is 5.10 Å². The molecule has 0 radical (unpaired) electrons. The highest BCUT2D eigenvalue weighted by Gasteiger charge is 2.32. The minimum atomic E-state index is -0.272. The molecule has 0 bridgehead atoms. The number of hydrogen-bond acceptors (Lipinski definition) is 6. The molecule has 0 amide bonds. The van der Waals surface area contributed by atoms with E-state index in [1.54, 1.807) is 0 Å². The molecule has 3 aromatic rings. The first kappa shape index (κ1) is 20.3. The summed E-state index contributed by atoms with van der Waals surface area (Å²) >= 11 is 0. The molecule has 0 aliphatic carbocycles. The highest BCUT2D eigenvalue weighted by atomic mass is 16.5. The number of fused-ring (bicyclic) bond motifs is 1. The summed E-state index contributed by atoms with van der Waals surface area (Å²) < 4.78 is 7.67. The maximum absolute atomic E-state index is 13.3. The molecule has 8 nitrogen and oxygen atoms in total. The molecule has 5 rings (SSSR count). The summed E-state index contributed by atoms with van der Waals surface area (Å²) in [4.78, 5) is 18.8. The number of nitrogens with zero attached hydrogens (tertiary/aromatic N) is 5. The van der Waals surface area contributed by atoms with Gasteiger partial charge in [0, 0.05) is 17.7 Å². The fourth-order valence-electron chi connectivity index (χ4n) is 4.89. The zero-order chi connectivity index (χ0) is 21.4. The molecule has 164 valence electrons. The first-order valence-electron chi connectivity index (χ1n) is 11.4. The fraction of sp³-hybridized carbons (Fsp3) is 0.565. The lowest BCUT2D eigenvalue weighted by Crippen LogP contribution is -2.39. The number of ether oxygens (including phenoxy) is 1. The number of aryl methyl sites for hydroxylation is 2. The van der Waals surface area contributed by atoms with E-state index in [1.165, 1.54) is 17.5 Å². The zero-order valence-corrected chi connectivity index (χ0v) is 18.3. The van der Waals surface area contributed by atoms with E-state index in [-0.39, 0.29) is 17.7 Å². The molecule has 2 fully saturated rings. The van der Waals surface area contributed by atoms with Gasteiger partial charge in [-0.05, 0) is 97.8 Å². The van der Waals surface area contributed by atoms with Crippen molar-refractivity contribution in [3.05, 3.63) is 51.1 Å². The van der Waals surface area contributed by atoms with Gasteiger partial charge in [-0.1, -0.05) is 6.42 Å². The standard InChI is InChI=1S/C23H30N6O2/c1-15-11-17-13-19(23(30)24-20(17)12-16(15)2)21(28-8-4-3-5-9-28)22-25-26-27-29(22)14-18-7-6-10-31-18/h11-13,18,21H,3-10,14H2,1-2H3,(H,24,30)/t18-,21+/m1/s1. The summed E-state index contributed by atoms with van der Waals surface area (Å²) in [5.41, 5.74) is 3.89. The smallest absolute Gasteiger partial charge is 0.253 e. The molecule has 0 saturated carbocycles. The van der Waals surface area contributed by atoms with E-state index in [2.05, 4.69) is 45.3 Å². The van der Waals surface area contributed by atoms with E-state index in [1.807, 2.05) is 16.8 Å². The van der Waals surface area contributed by atoms with Crippen molar-refractivity contribution in [2.45, 2.75) is 64.6 Å². The van der Waals surface area contributed by atoms with Crippen LogP contribution in [0.2, 0.25) is 0 Å². The van der Waals surface area contributed by atoms with Crippen LogP contribution in [0.5, 0.6) is 0 Å². The number of tetrazole rings is 1. The summed E-state index contributed by atoms with van der Waals surface area (Å²) in [5, 5.41) is 13.7. The summed E-state index contributed by atoms with van der Waals surface area (Å²) in [6, 6.07) is 5.96. The quantitative estimate of drug-likeness (QED) is 0.680. The molecule has 2 atom stereocenters. The van der Waals surface area contributed by atoms with Gasteiger partial charge in [0.15, 0.2) is 5.82 Å². The fourth-order valence-corrected chi connectivity index (χ4v) is 4.89. The Balaban J connectivity index is 1.61. The number of pyridine rings is 1. The van der Waals surface area contributed by atoms with Gasteiger partial charge in [0.25, 0.3) is 5.56 Å². The van der Waals surface area contributed by atoms with Crippen molar-refractivity contribution < 1.29 is 4.74 Å². The summed E-state index contributed by atoms with van der Waals surface area (Å²) in [5.74, 6) is 0.728. The van der Waals surface area contributed by atoms with Crippen LogP contribution >= 0.6 is 0 Å². The number of benzene rings is 1. The zero-order valence-electron chi connectivity index (χ0n) is 18.3. The van der Waals surface area contributed by atoms with Crippen LogP contribution in [-0.2, 0) is 11.3 Å². The van der Waals surface area contributed by atoms with Crippen molar-refractivity contribution in [3.63, 3.8) is 0 Å². The summed E-state index contributed by atoms with van der Waals surface area (Å²) in [6.07, 6.45) is 5.67. The Labute approximate surface area is 181 Å². The molecule has 2 aromatic heterocycles. The molecule has 2 saturated heterocycles. The Morgan fingerprint density at radius 3 is 2.71 bits per heavy atom. The van der Waals surface area contributed by atoms with Crippen molar-refractivity contribution in [1.82, 2.24) is 30.1 Å². The summed E-state index contributed by atoms with van der Waals surface area (Å²) in [6.45, 7) is 7.45. The molecule has 8 heteroatoms. The maximum atomic E-state index is 13.3. The lowest BCUT2D eigenvalue weighted by Gasteiger charge is -2.33. The van der Waals surface area contributed by atoms with Crippen LogP contribution in [0.15, 0.2) is 23.0 Å². The van der Waals surface area contributed by atoms with E-state index < -0.39 is 0 Å². The Morgan fingerprint density at radius 1 is 1.13 bits per heavy atom. The lowest BCUT2D eigenvalue weighted by molar-refractivity contribution is 0.0902. The second-order valence-corrected chi connectivity index (χ2v) is 8.93. The molecule has 2 aliphatic rings. The van der Waals surface area contributed by atoms with Crippen LogP contribution < -0.4 is 5.56 Å². The van der Waals surface area contributed by atoms with Gasteiger partial charge in [0.2, 0.25) is 0 Å². The Hall–Kier alpha value is -2.58. The number of piperidine rings is 1. The van der Waals surface area contributed by atoms with Crippen LogP contribution in [0, 0.1) is 13.8 Å². The van der Waals surface area contributed by atoms with Crippen molar-refractivity contribution >= 4 is 10.9 Å². The third-order valence-corrected chi connectivity index (χ3v) is 6.74. The van der Waals surface area contributed by atoms with Crippen molar-refractivity contribution in [2.24, 2.45) is 0 Å². The van der Waals surface area contributed by atoms with Gasteiger partial charge in [-0.2, -0.15) is 0 Å². The number of aromatic amines is 1. The number of rotatable bonds is 5. The number of aromatic nitrogens is 5. The van der Waals surface area contributed by atoms with E-state index in [4.69, 9.17) is 4.74 Å². The van der Waals surface area contributed by atoms with E-state index in [9.17, 15) is 4.79 Å². The van der Waals surface area contributed by atoms with E-state index in [0.29, 0.717) is 12.1 Å². The SMILES string of the molecule is Cc1cc2cc([C@@H](c3nnnn3C[C@H]3CCCO3)N3CCCCC3)c(=O)[nH]c2cc1C. The van der Waals surface area contributed by atoms with Gasteiger partial charge in [-0.25, -0.2) is 4.68 Å². The largest absolute Gasteiger partial charge is 0.376 e. The van der Waals surface area contributed by atoms with Crippen molar-refractivity contribution in [1.29, 1.82) is 0 Å². The number of hydrogen-bond donors (Lipinski definition) is 1. The molecule has 4 heterocycles. The normalized spacial score (nSPS) is 21.0. The van der Waals surface area contributed by atoms with E-state index in [0.717, 1.165) is 62.1 Å².